The van der Waals surface area contributed by atoms with Gasteiger partial charge in [0.25, 0.3) is 0 Å². The first kappa shape index (κ1) is 16.9. The van der Waals surface area contributed by atoms with E-state index < -0.39 is 6.29 Å². The number of hydrogen-bond acceptors (Lipinski definition) is 2. The number of ether oxygens (including phenoxy) is 1. The Kier molecular flexibility index (Phi) is 8.83. The lowest BCUT2D eigenvalue weighted by Crippen LogP contribution is -2.53. The van der Waals surface area contributed by atoms with Crippen LogP contribution in [0.15, 0.2) is 0 Å². The van der Waals surface area contributed by atoms with Crippen LogP contribution in [0.4, 0.5) is 0 Å². The van der Waals surface area contributed by atoms with Crippen LogP contribution < -0.4 is 0 Å². The quantitative estimate of drug-likeness (QED) is 0.474. The predicted molar refractivity (Wildman–Crippen MR) is 72.8 cm³/mol. The summed E-state index contributed by atoms with van der Waals surface area (Å²) in [4.78, 5) is 0. The van der Waals surface area contributed by atoms with Crippen LogP contribution in [-0.2, 0) is 4.74 Å². The van der Waals surface area contributed by atoms with E-state index in [1.807, 2.05) is 0 Å². The maximum Gasteiger partial charge on any atom is 0.152 e. The van der Waals surface area contributed by atoms with E-state index in [1.165, 1.54) is 32.4 Å². The van der Waals surface area contributed by atoms with Crippen LogP contribution in [0.2, 0.25) is 0 Å². The van der Waals surface area contributed by atoms with Crippen molar-refractivity contribution < 1.29 is 14.3 Å². The minimum Gasteiger partial charge on any atom is -0.368 e. The van der Waals surface area contributed by atoms with Crippen LogP contribution in [0.25, 0.3) is 0 Å². The molecule has 0 bridgehead atoms. The average Bonchev–Trinajstić information content (AvgIpc) is 2.25. The molecule has 0 aromatic carbocycles. The highest BCUT2D eigenvalue weighted by Gasteiger charge is 2.27. The summed E-state index contributed by atoms with van der Waals surface area (Å²) < 4.78 is 6.60. The fourth-order valence-electron chi connectivity index (χ4n) is 2.63. The van der Waals surface area contributed by atoms with Gasteiger partial charge < -0.3 is 14.3 Å². The predicted octanol–water partition coefficient (Wildman–Crippen LogP) is 2.78. The molecule has 0 aromatic heterocycles. The van der Waals surface area contributed by atoms with Gasteiger partial charge >= 0.3 is 0 Å². The van der Waals surface area contributed by atoms with Crippen molar-refractivity contribution in [3.63, 3.8) is 0 Å². The van der Waals surface area contributed by atoms with E-state index in [9.17, 15) is 5.11 Å². The van der Waals surface area contributed by atoms with E-state index in [1.54, 1.807) is 6.92 Å². The third-order valence-electron chi connectivity index (χ3n) is 3.43. The van der Waals surface area contributed by atoms with Crippen LogP contribution in [0, 0.1) is 0 Å². The number of hydrogen-bond donors (Lipinski definition) is 1. The topological polar surface area (TPSA) is 29.5 Å². The second-order valence-corrected chi connectivity index (χ2v) is 5.19. The van der Waals surface area contributed by atoms with Gasteiger partial charge in [-0.25, -0.2) is 0 Å². The first-order chi connectivity index (χ1) is 7.99. The summed E-state index contributed by atoms with van der Waals surface area (Å²) in [6.45, 7) is 15.1. The van der Waals surface area contributed by atoms with Crippen LogP contribution in [0.3, 0.4) is 0 Å². The Morgan fingerprint density at radius 3 is 2.12 bits per heavy atom. The van der Waals surface area contributed by atoms with Gasteiger partial charge in [-0.2, -0.15) is 0 Å². The average molecular weight is 246 g/mol. The minimum atomic E-state index is -0.656. The van der Waals surface area contributed by atoms with Gasteiger partial charge in [0.1, 0.15) is 12.6 Å². The molecule has 0 spiro atoms. The summed E-state index contributed by atoms with van der Waals surface area (Å²) >= 11 is 0. The first-order valence-corrected chi connectivity index (χ1v) is 7.18. The van der Waals surface area contributed by atoms with Crippen molar-refractivity contribution in [2.24, 2.45) is 0 Å². The molecule has 0 amide bonds. The Morgan fingerprint density at radius 2 is 1.71 bits per heavy atom. The molecule has 3 atom stereocenters. The summed E-state index contributed by atoms with van der Waals surface area (Å²) in [6.07, 6.45) is 3.19. The highest BCUT2D eigenvalue weighted by atomic mass is 16.6. The van der Waals surface area contributed by atoms with Crippen molar-refractivity contribution in [3.8, 4) is 0 Å². The molecule has 1 N–H and O–H groups in total. The van der Waals surface area contributed by atoms with Crippen molar-refractivity contribution in [1.29, 1.82) is 0 Å². The van der Waals surface area contributed by atoms with Crippen LogP contribution in [0.1, 0.15) is 53.9 Å². The van der Waals surface area contributed by atoms with Gasteiger partial charge in [0.2, 0.25) is 0 Å². The molecule has 0 aromatic rings. The first-order valence-electron chi connectivity index (χ1n) is 7.18. The summed E-state index contributed by atoms with van der Waals surface area (Å²) in [7, 11) is 0. The Balaban J connectivity index is 4.42. The zero-order valence-corrected chi connectivity index (χ0v) is 12.4. The van der Waals surface area contributed by atoms with Gasteiger partial charge in [0.15, 0.2) is 6.29 Å². The van der Waals surface area contributed by atoms with E-state index in [0.29, 0.717) is 0 Å². The Morgan fingerprint density at radius 1 is 1.06 bits per heavy atom. The SMILES string of the molecule is CCCC[N+](CC)(CCC)CC(C)OC(C)O. The molecule has 0 radical (unpaired) electrons. The molecule has 0 fully saturated rings. The maximum atomic E-state index is 9.27. The van der Waals surface area contributed by atoms with Gasteiger partial charge in [-0.05, 0) is 33.6 Å². The molecule has 17 heavy (non-hydrogen) atoms. The molecule has 3 nitrogen and oxygen atoms in total. The monoisotopic (exact) mass is 246 g/mol. The molecule has 0 aliphatic carbocycles. The smallest absolute Gasteiger partial charge is 0.152 e. The van der Waals surface area contributed by atoms with Crippen molar-refractivity contribution in [2.45, 2.75) is 66.3 Å². The van der Waals surface area contributed by atoms with Crippen molar-refractivity contribution >= 4 is 0 Å². The van der Waals surface area contributed by atoms with Crippen molar-refractivity contribution in [3.05, 3.63) is 0 Å². The van der Waals surface area contributed by atoms with Crippen molar-refractivity contribution in [2.75, 3.05) is 26.2 Å². The largest absolute Gasteiger partial charge is 0.368 e. The minimum absolute atomic E-state index is 0.123. The number of aliphatic hydroxyl groups is 1. The summed E-state index contributed by atoms with van der Waals surface area (Å²) in [5, 5.41) is 9.27. The zero-order chi connectivity index (χ0) is 13.3. The number of unbranched alkanes of at least 4 members (excludes halogenated alkanes) is 1. The normalized spacial score (nSPS) is 18.7. The van der Waals surface area contributed by atoms with E-state index in [4.69, 9.17) is 4.74 Å². The second kappa shape index (κ2) is 8.90. The Hall–Kier alpha value is -0.120. The summed E-state index contributed by atoms with van der Waals surface area (Å²) in [5.41, 5.74) is 0. The molecule has 0 heterocycles. The number of likely N-dealkylation sites (N-methyl/N-ethyl adjacent to an activating group) is 1. The molecule has 0 saturated heterocycles. The fourth-order valence-corrected chi connectivity index (χ4v) is 2.63. The number of rotatable bonds is 10. The molecule has 3 heteroatoms. The second-order valence-electron chi connectivity index (χ2n) is 5.19. The molecule has 0 saturated carbocycles. The molecular weight excluding hydrogens is 214 g/mol. The van der Waals surface area contributed by atoms with E-state index in [2.05, 4.69) is 27.7 Å². The lowest BCUT2D eigenvalue weighted by molar-refractivity contribution is -0.929. The van der Waals surface area contributed by atoms with Gasteiger partial charge in [-0.1, -0.05) is 20.3 Å². The molecule has 0 aliphatic heterocycles. The third-order valence-corrected chi connectivity index (χ3v) is 3.43. The Labute approximate surface area is 107 Å². The number of nitrogens with zero attached hydrogens (tertiary/aromatic N) is 1. The molecule has 104 valence electrons. The highest BCUT2D eigenvalue weighted by Crippen LogP contribution is 2.14. The third kappa shape index (κ3) is 7.02. The van der Waals surface area contributed by atoms with E-state index in [-0.39, 0.29) is 6.10 Å². The summed E-state index contributed by atoms with van der Waals surface area (Å²) in [5.74, 6) is 0. The Bertz CT molecular complexity index is 185. The standard InChI is InChI=1S/C14H32NO2/c1-6-9-11-15(8-3,10-7-2)12-13(4)17-14(5)16/h13-14,16H,6-12H2,1-5H3/q+1. The van der Waals surface area contributed by atoms with Crippen LogP contribution in [0.5, 0.6) is 0 Å². The zero-order valence-electron chi connectivity index (χ0n) is 12.4. The number of aliphatic hydroxyl groups excluding tert-OH is 1. The van der Waals surface area contributed by atoms with Crippen LogP contribution in [-0.4, -0.2) is 48.2 Å². The van der Waals surface area contributed by atoms with Gasteiger partial charge in [-0.15, -0.1) is 0 Å². The van der Waals surface area contributed by atoms with Crippen LogP contribution >= 0.6 is 0 Å². The van der Waals surface area contributed by atoms with Crippen molar-refractivity contribution in [1.82, 2.24) is 0 Å². The maximum absolute atomic E-state index is 9.27. The molecule has 0 aliphatic rings. The van der Waals surface area contributed by atoms with Gasteiger partial charge in [0.05, 0.1) is 19.6 Å². The fraction of sp³-hybridized carbons (Fsp3) is 1.00. The summed E-state index contributed by atoms with van der Waals surface area (Å²) in [6, 6.07) is 0. The van der Waals surface area contributed by atoms with Gasteiger partial charge in [0, 0.05) is 0 Å². The highest BCUT2D eigenvalue weighted by molar-refractivity contribution is 4.53. The van der Waals surface area contributed by atoms with E-state index >= 15 is 0 Å². The molecule has 3 unspecified atom stereocenters. The van der Waals surface area contributed by atoms with E-state index in [0.717, 1.165) is 17.6 Å². The number of quaternary nitrogens is 1. The van der Waals surface area contributed by atoms with Gasteiger partial charge in [-0.3, -0.25) is 0 Å². The molecule has 0 rings (SSSR count). The lowest BCUT2D eigenvalue weighted by Gasteiger charge is -2.39. The molecular formula is C14H32NO2+. The lowest BCUT2D eigenvalue weighted by atomic mass is 10.2.